The van der Waals surface area contributed by atoms with E-state index in [1.54, 1.807) is 12.1 Å². The number of carboxylic acids is 1. The first-order valence-electron chi connectivity index (χ1n) is 7.49. The summed E-state index contributed by atoms with van der Waals surface area (Å²) in [5, 5.41) is 14.5. The minimum atomic E-state index is -1.07. The van der Waals surface area contributed by atoms with Gasteiger partial charge in [0, 0.05) is 17.4 Å². The van der Waals surface area contributed by atoms with Gasteiger partial charge >= 0.3 is 5.97 Å². The summed E-state index contributed by atoms with van der Waals surface area (Å²) < 4.78 is 2.11. The molecule has 0 spiro atoms. The van der Waals surface area contributed by atoms with Crippen LogP contribution in [0.15, 0.2) is 35.4 Å². The van der Waals surface area contributed by atoms with Crippen LogP contribution in [0.3, 0.4) is 0 Å². The Labute approximate surface area is 154 Å². The highest BCUT2D eigenvalue weighted by molar-refractivity contribution is 7.18. The van der Waals surface area contributed by atoms with E-state index in [1.165, 1.54) is 28.4 Å². The lowest BCUT2D eigenvalue weighted by molar-refractivity contribution is -0.136. The third kappa shape index (κ3) is 3.02. The molecule has 0 atom stereocenters. The monoisotopic (exact) mass is 387 g/mol. The van der Waals surface area contributed by atoms with Gasteiger partial charge in [0.05, 0.1) is 23.2 Å². The molecule has 0 radical (unpaired) electrons. The number of carboxylic acid groups (broad SMARTS) is 1. The molecule has 0 aliphatic rings. The number of hydrogen-bond donors (Lipinski definition) is 1. The Hall–Kier alpha value is -2.91. The van der Waals surface area contributed by atoms with Crippen molar-refractivity contribution in [3.05, 3.63) is 56.7 Å². The van der Waals surface area contributed by atoms with Crippen LogP contribution in [0.5, 0.6) is 0 Å². The summed E-state index contributed by atoms with van der Waals surface area (Å²) in [4.78, 5) is 36.3. The molecular weight excluding hydrogens is 378 g/mol. The minimum absolute atomic E-state index is 0.0860. The molecule has 4 aromatic rings. The number of aromatic nitrogens is 5. The highest BCUT2D eigenvalue weighted by atomic mass is 35.5. The molecule has 0 fully saturated rings. The summed E-state index contributed by atoms with van der Waals surface area (Å²) in [5.41, 5.74) is 0.760. The van der Waals surface area contributed by atoms with Gasteiger partial charge in [-0.05, 0) is 18.2 Å². The number of thiazole rings is 1. The van der Waals surface area contributed by atoms with Crippen LogP contribution in [0.2, 0.25) is 5.02 Å². The van der Waals surface area contributed by atoms with E-state index in [-0.39, 0.29) is 29.7 Å². The Morgan fingerprint density at radius 1 is 1.23 bits per heavy atom. The predicted octanol–water partition coefficient (Wildman–Crippen LogP) is 2.12. The molecule has 10 heteroatoms. The van der Waals surface area contributed by atoms with Gasteiger partial charge in [0.2, 0.25) is 0 Å². The van der Waals surface area contributed by atoms with Crippen LogP contribution in [-0.4, -0.2) is 35.8 Å². The summed E-state index contributed by atoms with van der Waals surface area (Å²) in [7, 11) is 0. The molecule has 0 unspecified atom stereocenters. The molecule has 3 heterocycles. The van der Waals surface area contributed by atoms with Crippen LogP contribution in [0, 0.1) is 0 Å². The number of benzene rings is 1. The van der Waals surface area contributed by atoms with Crippen LogP contribution in [-0.2, 0) is 17.8 Å². The molecule has 0 amide bonds. The molecule has 130 valence electrons. The Morgan fingerprint density at radius 2 is 2.00 bits per heavy atom. The fraction of sp³-hybridized carbons (Fsp3) is 0.125. The van der Waals surface area contributed by atoms with Gasteiger partial charge in [0.15, 0.2) is 5.52 Å². The maximum atomic E-state index is 12.6. The average molecular weight is 388 g/mol. The minimum Gasteiger partial charge on any atom is -0.481 e. The Morgan fingerprint density at radius 3 is 2.77 bits per heavy atom. The van der Waals surface area contributed by atoms with Gasteiger partial charge in [-0.15, -0.1) is 11.3 Å². The topological polar surface area (TPSA) is 111 Å². The van der Waals surface area contributed by atoms with Crippen LogP contribution < -0.4 is 5.56 Å². The summed E-state index contributed by atoms with van der Waals surface area (Å²) in [6.45, 7) is 0.106. The van der Waals surface area contributed by atoms with Crippen molar-refractivity contribution in [2.24, 2.45) is 0 Å². The van der Waals surface area contributed by atoms with Crippen molar-refractivity contribution in [2.45, 2.75) is 13.0 Å². The van der Waals surface area contributed by atoms with Crippen molar-refractivity contribution in [2.75, 3.05) is 0 Å². The van der Waals surface area contributed by atoms with E-state index in [0.29, 0.717) is 10.0 Å². The average Bonchev–Trinajstić information content (AvgIpc) is 3.00. The number of fused-ring (bicyclic) bond motifs is 2. The summed E-state index contributed by atoms with van der Waals surface area (Å²) in [6.07, 6.45) is 2.43. The molecule has 26 heavy (non-hydrogen) atoms. The van der Waals surface area contributed by atoms with Gasteiger partial charge in [0.25, 0.3) is 5.56 Å². The number of rotatable bonds is 4. The quantitative estimate of drug-likeness (QED) is 0.570. The van der Waals surface area contributed by atoms with Gasteiger partial charge < -0.3 is 5.11 Å². The first-order chi connectivity index (χ1) is 12.5. The zero-order chi connectivity index (χ0) is 18.3. The van der Waals surface area contributed by atoms with Gasteiger partial charge in [0.1, 0.15) is 16.2 Å². The molecule has 0 saturated carbocycles. The lowest BCUT2D eigenvalue weighted by atomic mass is 10.2. The number of aliphatic carboxylic acids is 1. The first-order valence-corrected chi connectivity index (χ1v) is 8.68. The fourth-order valence-corrected chi connectivity index (χ4v) is 3.68. The van der Waals surface area contributed by atoms with E-state index in [0.717, 1.165) is 10.2 Å². The van der Waals surface area contributed by atoms with Crippen molar-refractivity contribution < 1.29 is 9.90 Å². The molecule has 1 aromatic carbocycles. The van der Waals surface area contributed by atoms with E-state index < -0.39 is 11.5 Å². The molecule has 1 N–H and O–H groups in total. The second-order valence-corrected chi connectivity index (χ2v) is 7.00. The number of halogens is 1. The van der Waals surface area contributed by atoms with Gasteiger partial charge in [-0.1, -0.05) is 11.6 Å². The molecule has 3 aromatic heterocycles. The molecule has 0 saturated heterocycles. The Balaban J connectivity index is 1.83. The van der Waals surface area contributed by atoms with Crippen LogP contribution >= 0.6 is 22.9 Å². The first kappa shape index (κ1) is 16.6. The van der Waals surface area contributed by atoms with E-state index in [4.69, 9.17) is 16.7 Å². The van der Waals surface area contributed by atoms with E-state index in [2.05, 4.69) is 20.1 Å². The third-order valence-electron chi connectivity index (χ3n) is 3.65. The summed E-state index contributed by atoms with van der Waals surface area (Å²) >= 11 is 7.39. The van der Waals surface area contributed by atoms with Gasteiger partial charge in [-0.2, -0.15) is 5.10 Å². The maximum Gasteiger partial charge on any atom is 0.309 e. The van der Waals surface area contributed by atoms with Crippen molar-refractivity contribution in [1.29, 1.82) is 0 Å². The maximum absolute atomic E-state index is 12.6. The second-order valence-electron chi connectivity index (χ2n) is 5.45. The van der Waals surface area contributed by atoms with E-state index >= 15 is 0 Å². The normalized spacial score (nSPS) is 11.3. The number of carbonyl (C=O) groups is 1. The van der Waals surface area contributed by atoms with Crippen molar-refractivity contribution >= 4 is 50.2 Å². The zero-order valence-electron chi connectivity index (χ0n) is 13.1. The van der Waals surface area contributed by atoms with Crippen molar-refractivity contribution in [3.8, 4) is 0 Å². The highest BCUT2D eigenvalue weighted by Gasteiger charge is 2.16. The fourth-order valence-electron chi connectivity index (χ4n) is 2.58. The second kappa shape index (κ2) is 6.43. The SMILES string of the molecule is O=C(O)Cc1nn(Cc2nc3cc(Cl)ccc3s2)c(=O)c2nccnc12. The van der Waals surface area contributed by atoms with Gasteiger partial charge in [-0.25, -0.2) is 14.6 Å². The van der Waals surface area contributed by atoms with Crippen molar-refractivity contribution in [3.63, 3.8) is 0 Å². The number of hydrogen-bond acceptors (Lipinski definition) is 7. The number of nitrogens with zero attached hydrogens (tertiary/aromatic N) is 5. The van der Waals surface area contributed by atoms with E-state index in [1.807, 2.05) is 6.07 Å². The third-order valence-corrected chi connectivity index (χ3v) is 4.90. The molecule has 0 aliphatic heterocycles. The zero-order valence-corrected chi connectivity index (χ0v) is 14.7. The molecule has 0 aliphatic carbocycles. The predicted molar refractivity (Wildman–Crippen MR) is 96.7 cm³/mol. The lowest BCUT2D eigenvalue weighted by Gasteiger charge is -2.07. The Bertz CT molecular complexity index is 1220. The molecular formula is C16H10ClN5O3S. The Kier molecular flexibility index (Phi) is 4.09. The van der Waals surface area contributed by atoms with E-state index in [9.17, 15) is 9.59 Å². The molecule has 8 nitrogen and oxygen atoms in total. The molecule has 0 bridgehead atoms. The smallest absolute Gasteiger partial charge is 0.309 e. The van der Waals surface area contributed by atoms with Crippen LogP contribution in [0.4, 0.5) is 0 Å². The van der Waals surface area contributed by atoms with Crippen LogP contribution in [0.25, 0.3) is 21.3 Å². The summed E-state index contributed by atoms with van der Waals surface area (Å²) in [6, 6.07) is 5.37. The van der Waals surface area contributed by atoms with Crippen LogP contribution in [0.1, 0.15) is 10.7 Å². The van der Waals surface area contributed by atoms with Gasteiger partial charge in [-0.3, -0.25) is 14.6 Å². The standard InChI is InChI=1S/C16H10ClN5O3S/c17-8-1-2-11-9(5-8)20-12(26-11)7-22-16(25)15-14(18-3-4-19-15)10(21-22)6-13(23)24/h1-5H,6-7H2,(H,23,24). The largest absolute Gasteiger partial charge is 0.481 e. The summed E-state index contributed by atoms with van der Waals surface area (Å²) in [5.74, 6) is -1.07. The lowest BCUT2D eigenvalue weighted by Crippen LogP contribution is -2.27. The van der Waals surface area contributed by atoms with Crippen molar-refractivity contribution in [1.82, 2.24) is 24.7 Å². The highest BCUT2D eigenvalue weighted by Crippen LogP contribution is 2.25. The molecule has 4 rings (SSSR count).